The van der Waals surface area contributed by atoms with E-state index in [4.69, 9.17) is 9.47 Å². The molecule has 8 atom stereocenters. The molecule has 0 radical (unpaired) electrons. The fourth-order valence-corrected chi connectivity index (χ4v) is 8.61. The lowest BCUT2D eigenvalue weighted by Gasteiger charge is -2.37. The summed E-state index contributed by atoms with van der Waals surface area (Å²) in [7, 11) is 3.39. The Morgan fingerprint density at radius 1 is 0.597 bits per heavy atom. The standard InChI is InChI=1S/C49H82N8O8.2ClH/c1-32(2)38(53-45(60)35(5)52-47(62)41(37-24-17-14-18-25-37)55-43(58)33(3)50-9)30-64-28-19-11-12-20-29-65-31-39(36-22-15-13-16-23-36)54-46(61)40-26-21-27-57(40)48(63)42(49(6,7)8)56-44(59)34(4)51-10;;/h32-42,50-51H,13-18,21-31H2,1-10H3,(H,52,62)(H,53,60)(H,54,61)(H,55,58)(H,56,59);2*1H/t33-,34+,35-,38-,39?,40?,41-,42-;;/m1../s1. The molecule has 0 aromatic carbocycles. The molecule has 0 spiro atoms. The summed E-state index contributed by atoms with van der Waals surface area (Å²) in [5.74, 6) is 10.0. The van der Waals surface area contributed by atoms with Crippen molar-refractivity contribution < 1.29 is 38.2 Å². The van der Waals surface area contributed by atoms with Gasteiger partial charge in [0.2, 0.25) is 35.4 Å². The van der Waals surface area contributed by atoms with Crippen molar-refractivity contribution in [1.82, 2.24) is 42.1 Å². The third-order valence-electron chi connectivity index (χ3n) is 13.2. The van der Waals surface area contributed by atoms with Crippen LogP contribution in [0.2, 0.25) is 0 Å². The molecule has 18 heteroatoms. The molecular formula is C49H84Cl2N8O8. The van der Waals surface area contributed by atoms with E-state index in [1.165, 1.54) is 0 Å². The first kappa shape index (κ1) is 61.4. The zero-order chi connectivity index (χ0) is 48.1. The van der Waals surface area contributed by atoms with Gasteiger partial charge in [-0.15, -0.1) is 24.8 Å². The Bertz CT molecular complexity index is 1700. The summed E-state index contributed by atoms with van der Waals surface area (Å²) in [6.07, 6.45) is 11.3. The Balaban J connectivity index is 0.0000112. The molecule has 6 amide bonds. The number of carbonyl (C=O) groups is 6. The van der Waals surface area contributed by atoms with Gasteiger partial charge < -0.3 is 51.6 Å². The van der Waals surface area contributed by atoms with E-state index in [0.29, 0.717) is 19.4 Å². The van der Waals surface area contributed by atoms with E-state index >= 15 is 0 Å². The first-order valence-corrected chi connectivity index (χ1v) is 24.2. The van der Waals surface area contributed by atoms with Crippen LogP contribution >= 0.6 is 24.8 Å². The van der Waals surface area contributed by atoms with Gasteiger partial charge in [-0.1, -0.05) is 85.0 Å². The Kier molecular flexibility index (Phi) is 28.8. The molecule has 1 aliphatic heterocycles. The molecule has 0 bridgehead atoms. The number of carbonyl (C=O) groups excluding carboxylic acids is 6. The summed E-state index contributed by atoms with van der Waals surface area (Å²) in [6, 6.07) is -4.44. The molecular weight excluding hydrogens is 899 g/mol. The van der Waals surface area contributed by atoms with Gasteiger partial charge in [-0.2, -0.15) is 0 Å². The number of hydrogen-bond acceptors (Lipinski definition) is 10. The second kappa shape index (κ2) is 31.5. The summed E-state index contributed by atoms with van der Waals surface area (Å²) in [5, 5.41) is 20.8. The third kappa shape index (κ3) is 20.5. The Morgan fingerprint density at radius 2 is 1.10 bits per heavy atom. The van der Waals surface area contributed by atoms with Crippen molar-refractivity contribution >= 4 is 60.3 Å². The molecule has 3 rings (SSSR count). The molecule has 2 unspecified atom stereocenters. The van der Waals surface area contributed by atoms with Crippen molar-refractivity contribution in [3.05, 3.63) is 0 Å². The summed E-state index contributed by atoms with van der Waals surface area (Å²) < 4.78 is 11.8. The minimum absolute atomic E-state index is 0. The summed E-state index contributed by atoms with van der Waals surface area (Å²) in [5.41, 5.74) is -0.564. The van der Waals surface area contributed by atoms with Crippen LogP contribution in [0.25, 0.3) is 0 Å². The second-order valence-electron chi connectivity index (χ2n) is 19.6. The second-order valence-corrected chi connectivity index (χ2v) is 19.6. The number of halogens is 2. The number of rotatable bonds is 22. The van der Waals surface area contributed by atoms with Crippen molar-refractivity contribution in [2.45, 2.75) is 181 Å². The topological polar surface area (TPSA) is 208 Å². The third-order valence-corrected chi connectivity index (χ3v) is 13.2. The van der Waals surface area contributed by atoms with Gasteiger partial charge in [-0.3, -0.25) is 28.8 Å². The number of nitrogens with one attached hydrogen (secondary N) is 7. The summed E-state index contributed by atoms with van der Waals surface area (Å²) in [6.45, 7) is 16.0. The lowest BCUT2D eigenvalue weighted by molar-refractivity contribution is -0.144. The van der Waals surface area contributed by atoms with E-state index in [9.17, 15) is 28.8 Å². The van der Waals surface area contributed by atoms with Gasteiger partial charge in [-0.05, 0) is 108 Å². The summed E-state index contributed by atoms with van der Waals surface area (Å²) in [4.78, 5) is 81.7. The minimum Gasteiger partial charge on any atom is -0.367 e. The van der Waals surface area contributed by atoms with Crippen LogP contribution in [0.1, 0.15) is 132 Å². The van der Waals surface area contributed by atoms with Gasteiger partial charge in [0, 0.05) is 6.54 Å². The molecule has 1 heterocycles. The highest BCUT2D eigenvalue weighted by atomic mass is 35.5. The van der Waals surface area contributed by atoms with Gasteiger partial charge in [-0.25, -0.2) is 0 Å². The molecule has 67 heavy (non-hydrogen) atoms. The highest BCUT2D eigenvalue weighted by molar-refractivity contribution is 5.94. The lowest BCUT2D eigenvalue weighted by atomic mass is 9.83. The predicted molar refractivity (Wildman–Crippen MR) is 266 cm³/mol. The first-order valence-electron chi connectivity index (χ1n) is 24.2. The molecule has 1 saturated heterocycles. The van der Waals surface area contributed by atoms with Crippen LogP contribution in [0.3, 0.4) is 0 Å². The van der Waals surface area contributed by atoms with Crippen molar-refractivity contribution in [3.63, 3.8) is 0 Å². The smallest absolute Gasteiger partial charge is 0.246 e. The number of likely N-dealkylation sites (N-methyl/N-ethyl adjacent to an activating group) is 2. The Morgan fingerprint density at radius 3 is 1.63 bits per heavy atom. The maximum Gasteiger partial charge on any atom is 0.246 e. The molecule has 382 valence electrons. The number of hydrogen-bond donors (Lipinski definition) is 7. The first-order chi connectivity index (χ1) is 30.9. The fraction of sp³-hybridized carbons (Fsp3) is 0.796. The summed E-state index contributed by atoms with van der Waals surface area (Å²) >= 11 is 0. The lowest BCUT2D eigenvalue weighted by Crippen LogP contribution is -2.60. The van der Waals surface area contributed by atoms with Crippen LogP contribution < -0.4 is 37.2 Å². The van der Waals surface area contributed by atoms with Gasteiger partial charge in [0.25, 0.3) is 0 Å². The van der Waals surface area contributed by atoms with Crippen molar-refractivity contribution in [2.24, 2.45) is 23.2 Å². The number of likely N-dealkylation sites (tertiary alicyclic amines) is 1. The van der Waals surface area contributed by atoms with E-state index in [1.54, 1.807) is 39.8 Å². The number of ether oxygens (including phenoxy) is 2. The normalized spacial score (nSPS) is 19.7. The molecule has 2 saturated carbocycles. The van der Waals surface area contributed by atoms with Gasteiger partial charge in [0.1, 0.15) is 37.4 Å². The zero-order valence-electron chi connectivity index (χ0n) is 41.9. The molecule has 3 fully saturated rings. The van der Waals surface area contributed by atoms with Crippen LogP contribution in [0.5, 0.6) is 0 Å². The maximum absolute atomic E-state index is 14.0. The molecule has 3 aliphatic rings. The van der Waals surface area contributed by atoms with E-state index in [2.05, 4.69) is 60.9 Å². The largest absolute Gasteiger partial charge is 0.367 e. The average molecular weight is 984 g/mol. The van der Waals surface area contributed by atoms with E-state index < -0.39 is 41.7 Å². The Labute approximate surface area is 413 Å². The van der Waals surface area contributed by atoms with Crippen LogP contribution in [-0.2, 0) is 38.2 Å². The SMILES string of the molecule is CN[C@@H](C)C(=O)N[C@H](C(=O)N1CCCC1C(=O)NC(COCC#CC#CCOC[C@@H](NC(=O)[C@@H](C)NC(=O)[C@H](NC(=O)[C@@H](C)NC)C1CCCCC1)C(C)C)C1CCCCC1)C(C)(C)C.Cl.Cl. The zero-order valence-corrected chi connectivity index (χ0v) is 43.5. The maximum atomic E-state index is 14.0. The van der Waals surface area contributed by atoms with Crippen LogP contribution in [0.4, 0.5) is 0 Å². The van der Waals surface area contributed by atoms with Crippen LogP contribution in [-0.4, -0.2) is 136 Å². The molecule has 0 aromatic rings. The molecule has 0 aromatic heterocycles. The van der Waals surface area contributed by atoms with Crippen molar-refractivity contribution in [2.75, 3.05) is 47.1 Å². The monoisotopic (exact) mass is 983 g/mol. The molecule has 7 N–H and O–H groups in total. The highest BCUT2D eigenvalue weighted by Gasteiger charge is 2.43. The number of nitrogens with zero attached hydrogens (tertiary/aromatic N) is 1. The molecule has 16 nitrogen and oxygen atoms in total. The van der Waals surface area contributed by atoms with Crippen molar-refractivity contribution in [3.8, 4) is 23.7 Å². The van der Waals surface area contributed by atoms with Crippen molar-refractivity contribution in [1.29, 1.82) is 0 Å². The predicted octanol–water partition coefficient (Wildman–Crippen LogP) is 3.38. The van der Waals surface area contributed by atoms with Crippen LogP contribution in [0, 0.1) is 46.9 Å². The van der Waals surface area contributed by atoms with Crippen LogP contribution in [0.15, 0.2) is 0 Å². The van der Waals surface area contributed by atoms with E-state index in [1.807, 2.05) is 34.6 Å². The van der Waals surface area contributed by atoms with Gasteiger partial charge in [0.05, 0.1) is 37.4 Å². The minimum atomic E-state index is -0.825. The van der Waals surface area contributed by atoms with Gasteiger partial charge >= 0.3 is 0 Å². The highest BCUT2D eigenvalue weighted by Crippen LogP contribution is 2.30. The quantitative estimate of drug-likeness (QED) is 0.0622. The fourth-order valence-electron chi connectivity index (χ4n) is 8.61. The van der Waals surface area contributed by atoms with E-state index in [-0.39, 0.29) is 117 Å². The molecule has 2 aliphatic carbocycles. The van der Waals surface area contributed by atoms with E-state index in [0.717, 1.165) is 64.2 Å². The average Bonchev–Trinajstić information content (AvgIpc) is 3.79. The Hall–Kier alpha value is -3.64. The van der Waals surface area contributed by atoms with Gasteiger partial charge in [0.15, 0.2) is 0 Å². The number of amides is 6.